The molecule has 0 radical (unpaired) electrons. The molecular weight excluding hydrogens is 426 g/mol. The minimum atomic E-state index is 0.106. The molecule has 1 aliphatic carbocycles. The van der Waals surface area contributed by atoms with Gasteiger partial charge in [0.1, 0.15) is 5.82 Å². The fourth-order valence-electron chi connectivity index (χ4n) is 5.48. The molecule has 1 N–H and O–H groups in total. The van der Waals surface area contributed by atoms with Crippen LogP contribution in [0.3, 0.4) is 0 Å². The Morgan fingerprint density at radius 2 is 1.91 bits per heavy atom. The molecule has 5 rings (SSSR count). The number of fused-ring (bicyclic) bond motifs is 1. The van der Waals surface area contributed by atoms with E-state index in [9.17, 15) is 0 Å². The highest BCUT2D eigenvalue weighted by molar-refractivity contribution is 5.88. The van der Waals surface area contributed by atoms with Crippen molar-refractivity contribution in [2.45, 2.75) is 83.4 Å². The van der Waals surface area contributed by atoms with Crippen LogP contribution in [0.1, 0.15) is 63.3 Å². The molecule has 2 fully saturated rings. The van der Waals surface area contributed by atoms with Gasteiger partial charge in [0, 0.05) is 44.1 Å². The normalized spacial score (nSPS) is 22.3. The van der Waals surface area contributed by atoms with Crippen LogP contribution in [0.15, 0.2) is 28.8 Å². The molecule has 3 aromatic rings. The highest BCUT2D eigenvalue weighted by Gasteiger charge is 2.33. The van der Waals surface area contributed by atoms with Crippen molar-refractivity contribution >= 4 is 16.7 Å². The van der Waals surface area contributed by atoms with Crippen molar-refractivity contribution in [2.75, 3.05) is 25.1 Å². The van der Waals surface area contributed by atoms with Gasteiger partial charge in [-0.3, -0.25) is 0 Å². The zero-order valence-electron chi connectivity index (χ0n) is 20.7. The first-order valence-electron chi connectivity index (χ1n) is 12.9. The van der Waals surface area contributed by atoms with Gasteiger partial charge in [-0.2, -0.15) is 4.98 Å². The molecule has 0 amide bonds. The quantitative estimate of drug-likeness (QED) is 0.512. The summed E-state index contributed by atoms with van der Waals surface area (Å²) in [5.41, 5.74) is 3.08. The second kappa shape index (κ2) is 10.4. The van der Waals surface area contributed by atoms with Crippen LogP contribution in [0.25, 0.3) is 22.4 Å². The van der Waals surface area contributed by atoms with Gasteiger partial charge in [-0.15, -0.1) is 0 Å². The average molecular weight is 464 g/mol. The van der Waals surface area contributed by atoms with Gasteiger partial charge in [0.15, 0.2) is 5.82 Å². The van der Waals surface area contributed by atoms with Gasteiger partial charge in [-0.05, 0) is 44.4 Å². The number of ether oxygens (including phenoxy) is 1. The maximum Gasteiger partial charge on any atom is 0.261 e. The Hall–Kier alpha value is -2.51. The van der Waals surface area contributed by atoms with Gasteiger partial charge >= 0.3 is 0 Å². The summed E-state index contributed by atoms with van der Waals surface area (Å²) in [6, 6.07) is 9.49. The largest absolute Gasteiger partial charge is 0.378 e. The molecule has 2 aromatic heterocycles. The highest BCUT2D eigenvalue weighted by Crippen LogP contribution is 2.34. The molecule has 2 unspecified atom stereocenters. The highest BCUT2D eigenvalue weighted by atomic mass is 16.5. The van der Waals surface area contributed by atoms with Crippen molar-refractivity contribution in [1.82, 2.24) is 20.4 Å². The summed E-state index contributed by atoms with van der Waals surface area (Å²) >= 11 is 0. The van der Waals surface area contributed by atoms with Crippen LogP contribution in [0.5, 0.6) is 0 Å². The summed E-state index contributed by atoms with van der Waals surface area (Å²) in [5, 5.41) is 9.18. The number of benzene rings is 1. The fourth-order valence-corrected chi connectivity index (χ4v) is 5.48. The molecule has 7 nitrogen and oxygen atoms in total. The van der Waals surface area contributed by atoms with Crippen LogP contribution in [-0.2, 0) is 11.2 Å². The van der Waals surface area contributed by atoms with Crippen molar-refractivity contribution < 1.29 is 9.26 Å². The Morgan fingerprint density at radius 1 is 1.09 bits per heavy atom. The van der Waals surface area contributed by atoms with E-state index >= 15 is 0 Å². The molecule has 3 heterocycles. The molecular formula is C27H37N5O2. The second-order valence-corrected chi connectivity index (χ2v) is 9.90. The van der Waals surface area contributed by atoms with Crippen molar-refractivity contribution in [3.8, 4) is 11.5 Å². The molecule has 1 aliphatic heterocycles. The van der Waals surface area contributed by atoms with Crippen LogP contribution >= 0.6 is 0 Å². The maximum atomic E-state index is 6.02. The summed E-state index contributed by atoms with van der Waals surface area (Å²) < 4.78 is 11.7. The van der Waals surface area contributed by atoms with Gasteiger partial charge in [0.25, 0.3) is 5.89 Å². The molecule has 1 saturated heterocycles. The number of aryl methyl sites for hydroxylation is 2. The van der Waals surface area contributed by atoms with Gasteiger partial charge in [-0.1, -0.05) is 49.4 Å². The Morgan fingerprint density at radius 3 is 2.65 bits per heavy atom. The first-order valence-corrected chi connectivity index (χ1v) is 12.9. The Labute approximate surface area is 202 Å². The Kier molecular flexibility index (Phi) is 7.11. The summed E-state index contributed by atoms with van der Waals surface area (Å²) in [6.07, 6.45) is 9.84. The summed E-state index contributed by atoms with van der Waals surface area (Å²) in [7, 11) is 1.83. The molecule has 7 heteroatoms. The summed E-state index contributed by atoms with van der Waals surface area (Å²) in [6.45, 7) is 5.83. The Balaban J connectivity index is 1.43. The number of methoxy groups -OCH3 is 1. The lowest BCUT2D eigenvalue weighted by Crippen LogP contribution is -2.56. The summed E-state index contributed by atoms with van der Waals surface area (Å²) in [4.78, 5) is 12.1. The number of anilines is 1. The van der Waals surface area contributed by atoms with E-state index in [1.54, 1.807) is 0 Å². The number of piperidine rings is 1. The summed E-state index contributed by atoms with van der Waals surface area (Å²) in [5.74, 6) is 2.15. The predicted octanol–water partition coefficient (Wildman–Crippen LogP) is 5.06. The lowest BCUT2D eigenvalue weighted by Gasteiger charge is -2.40. The van der Waals surface area contributed by atoms with Gasteiger partial charge in [-0.25, -0.2) is 4.98 Å². The third kappa shape index (κ3) is 4.96. The van der Waals surface area contributed by atoms with E-state index in [0.29, 0.717) is 23.8 Å². The topological polar surface area (TPSA) is 76.3 Å². The standard InChI is InChI=1S/C27H37N5O2/c1-4-25-30-27(34-31-25)21-16-19-15-18(2)11-12-22(19)29-26(21)32-14-13-23(24(17-32)33-3)28-20-9-7-5-6-8-10-20/h11-12,15-16,20,23-24,28H,4-10,13-14,17H2,1-3H3. The minimum absolute atomic E-state index is 0.106. The lowest BCUT2D eigenvalue weighted by molar-refractivity contribution is 0.0547. The zero-order valence-corrected chi connectivity index (χ0v) is 20.7. The molecule has 34 heavy (non-hydrogen) atoms. The molecule has 0 spiro atoms. The van der Waals surface area contributed by atoms with Gasteiger partial charge < -0.3 is 19.5 Å². The molecule has 1 aromatic carbocycles. The van der Waals surface area contributed by atoms with E-state index in [1.807, 2.05) is 14.0 Å². The Bertz CT molecular complexity index is 1110. The number of hydrogen-bond donors (Lipinski definition) is 1. The SMILES string of the molecule is CCc1noc(-c2cc3cc(C)ccc3nc2N2CCC(NC3CCCCCC3)C(OC)C2)n1. The van der Waals surface area contributed by atoms with Crippen LogP contribution in [0.2, 0.25) is 0 Å². The first kappa shape index (κ1) is 23.2. The smallest absolute Gasteiger partial charge is 0.261 e. The number of hydrogen-bond acceptors (Lipinski definition) is 7. The molecule has 182 valence electrons. The van der Waals surface area contributed by atoms with E-state index in [0.717, 1.165) is 48.2 Å². The molecule has 0 bridgehead atoms. The van der Waals surface area contributed by atoms with E-state index in [4.69, 9.17) is 14.2 Å². The zero-order chi connectivity index (χ0) is 23.5. The van der Waals surface area contributed by atoms with Crippen LogP contribution in [0, 0.1) is 6.92 Å². The minimum Gasteiger partial charge on any atom is -0.378 e. The maximum absolute atomic E-state index is 6.02. The first-order chi connectivity index (χ1) is 16.6. The van der Waals surface area contributed by atoms with Crippen molar-refractivity contribution in [3.05, 3.63) is 35.7 Å². The van der Waals surface area contributed by atoms with Crippen LogP contribution < -0.4 is 10.2 Å². The van der Waals surface area contributed by atoms with Crippen molar-refractivity contribution in [2.24, 2.45) is 0 Å². The van der Waals surface area contributed by atoms with Gasteiger partial charge in [0.2, 0.25) is 0 Å². The second-order valence-electron chi connectivity index (χ2n) is 9.90. The number of nitrogens with one attached hydrogen (secondary N) is 1. The number of rotatable bonds is 6. The van der Waals surface area contributed by atoms with Gasteiger partial charge in [0.05, 0.1) is 17.2 Å². The molecule has 2 aliphatic rings. The van der Waals surface area contributed by atoms with E-state index in [1.165, 1.54) is 44.1 Å². The van der Waals surface area contributed by atoms with E-state index < -0.39 is 0 Å². The van der Waals surface area contributed by atoms with Crippen molar-refractivity contribution in [1.29, 1.82) is 0 Å². The van der Waals surface area contributed by atoms with Crippen molar-refractivity contribution in [3.63, 3.8) is 0 Å². The monoisotopic (exact) mass is 463 g/mol. The molecule has 2 atom stereocenters. The fraction of sp³-hybridized carbons (Fsp3) is 0.593. The third-order valence-electron chi connectivity index (χ3n) is 7.43. The number of aromatic nitrogens is 3. The van der Waals surface area contributed by atoms with Crippen LogP contribution in [0.4, 0.5) is 5.82 Å². The van der Waals surface area contributed by atoms with E-state index in [-0.39, 0.29) is 6.10 Å². The predicted molar refractivity (Wildman–Crippen MR) is 135 cm³/mol. The number of nitrogens with zero attached hydrogens (tertiary/aromatic N) is 4. The van der Waals surface area contributed by atoms with Crippen LogP contribution in [-0.4, -0.2) is 53.5 Å². The third-order valence-corrected chi connectivity index (χ3v) is 7.43. The van der Waals surface area contributed by atoms with E-state index in [2.05, 4.69) is 51.5 Å². The average Bonchev–Trinajstić information content (AvgIpc) is 3.20. The lowest BCUT2D eigenvalue weighted by atomic mass is 9.98. The molecule has 1 saturated carbocycles. The number of pyridine rings is 1.